The Kier molecular flexibility index (Phi) is 1.70. The largest absolute Gasteiger partial charge is 0.288 e. The van der Waals surface area contributed by atoms with Crippen LogP contribution < -0.4 is 0 Å². The third-order valence-electron chi connectivity index (χ3n) is 2.09. The van der Waals surface area contributed by atoms with Gasteiger partial charge >= 0.3 is 0 Å². The molecule has 0 amide bonds. The first-order chi connectivity index (χ1) is 6.59. The Bertz CT molecular complexity index is 517. The molecule has 72 valence electrons. The summed E-state index contributed by atoms with van der Waals surface area (Å²) in [5.41, 5.74) is 1.31. The van der Waals surface area contributed by atoms with Gasteiger partial charge in [-0.3, -0.25) is 14.5 Å². The van der Waals surface area contributed by atoms with Crippen molar-refractivity contribution in [2.24, 2.45) is 0 Å². The number of fused-ring (bicyclic) bond motifs is 1. The second-order valence-corrected chi connectivity index (χ2v) is 3.07. The molecule has 0 aliphatic rings. The average Bonchev–Trinajstić information content (AvgIpc) is 2.46. The molecule has 2 heterocycles. The van der Waals surface area contributed by atoms with E-state index in [0.717, 1.165) is 0 Å². The van der Waals surface area contributed by atoms with E-state index in [1.165, 1.54) is 6.20 Å². The molecule has 6 nitrogen and oxygen atoms in total. The zero-order chi connectivity index (χ0) is 10.3. The lowest BCUT2D eigenvalue weighted by Crippen LogP contribution is -1.96. The summed E-state index contributed by atoms with van der Waals surface area (Å²) in [5, 5.41) is 18.3. The summed E-state index contributed by atoms with van der Waals surface area (Å²) in [5.74, 6) is 0.642. The van der Waals surface area contributed by atoms with E-state index in [9.17, 15) is 10.1 Å². The van der Waals surface area contributed by atoms with Gasteiger partial charge in [-0.2, -0.15) is 0 Å². The van der Waals surface area contributed by atoms with Gasteiger partial charge in [-0.1, -0.05) is 0 Å². The van der Waals surface area contributed by atoms with Crippen molar-refractivity contribution in [2.45, 2.75) is 13.8 Å². The summed E-state index contributed by atoms with van der Waals surface area (Å²) < 4.78 is 1.60. The lowest BCUT2D eigenvalue weighted by molar-refractivity contribution is -0.385. The number of aromatic nitrogens is 3. The van der Waals surface area contributed by atoms with Gasteiger partial charge in [0.2, 0.25) is 0 Å². The number of aryl methyl sites for hydroxylation is 2. The first kappa shape index (κ1) is 8.61. The molecule has 0 aliphatic heterocycles. The normalized spacial score (nSPS) is 10.7. The van der Waals surface area contributed by atoms with Gasteiger partial charge in [0.05, 0.1) is 11.1 Å². The Morgan fingerprint density at radius 2 is 2.14 bits per heavy atom. The van der Waals surface area contributed by atoms with Gasteiger partial charge in [-0.25, -0.2) is 0 Å². The van der Waals surface area contributed by atoms with Crippen molar-refractivity contribution in [2.75, 3.05) is 0 Å². The van der Waals surface area contributed by atoms with Crippen molar-refractivity contribution in [3.05, 3.63) is 33.8 Å². The zero-order valence-corrected chi connectivity index (χ0v) is 7.76. The number of nitro groups is 1. The van der Waals surface area contributed by atoms with Gasteiger partial charge in [0.15, 0.2) is 5.65 Å². The maximum atomic E-state index is 10.7. The zero-order valence-electron chi connectivity index (χ0n) is 7.76. The molecule has 14 heavy (non-hydrogen) atoms. The number of rotatable bonds is 1. The molecule has 0 atom stereocenters. The van der Waals surface area contributed by atoms with E-state index in [2.05, 4.69) is 10.2 Å². The molecule has 2 aromatic rings. The summed E-state index contributed by atoms with van der Waals surface area (Å²) in [6, 6.07) is 1.65. The van der Waals surface area contributed by atoms with Crippen LogP contribution in [0.1, 0.15) is 11.4 Å². The molecule has 0 radical (unpaired) electrons. The minimum Gasteiger partial charge on any atom is -0.280 e. The van der Waals surface area contributed by atoms with Crippen molar-refractivity contribution in [3.8, 4) is 0 Å². The van der Waals surface area contributed by atoms with Crippen LogP contribution >= 0.6 is 0 Å². The van der Waals surface area contributed by atoms with Crippen molar-refractivity contribution in [1.82, 2.24) is 14.6 Å². The minimum absolute atomic E-state index is 0.0837. The van der Waals surface area contributed by atoms with Crippen LogP contribution in [0, 0.1) is 24.0 Å². The molecular weight excluding hydrogens is 184 g/mol. The quantitative estimate of drug-likeness (QED) is 0.503. The molecule has 0 spiro atoms. The fourth-order valence-corrected chi connectivity index (χ4v) is 1.33. The van der Waals surface area contributed by atoms with E-state index in [1.54, 1.807) is 24.3 Å². The predicted octanol–water partition coefficient (Wildman–Crippen LogP) is 1.25. The molecule has 0 aliphatic carbocycles. The highest BCUT2D eigenvalue weighted by molar-refractivity contribution is 5.49. The van der Waals surface area contributed by atoms with Crippen LogP contribution in [0.4, 0.5) is 5.69 Å². The Morgan fingerprint density at radius 1 is 1.43 bits per heavy atom. The van der Waals surface area contributed by atoms with Crippen molar-refractivity contribution < 1.29 is 4.92 Å². The summed E-state index contributed by atoms with van der Waals surface area (Å²) in [6.07, 6.45) is 1.44. The van der Waals surface area contributed by atoms with Gasteiger partial charge < -0.3 is 0 Å². The van der Waals surface area contributed by atoms with Gasteiger partial charge in [0.25, 0.3) is 5.69 Å². The van der Waals surface area contributed by atoms with Crippen LogP contribution in [0.25, 0.3) is 5.65 Å². The molecule has 6 heteroatoms. The van der Waals surface area contributed by atoms with E-state index >= 15 is 0 Å². The van der Waals surface area contributed by atoms with Crippen LogP contribution in [-0.4, -0.2) is 19.5 Å². The SMILES string of the molecule is Cc1cc2nnc(C)n2cc1[N+](=O)[O-]. The lowest BCUT2D eigenvalue weighted by atomic mass is 10.2. The monoisotopic (exact) mass is 192 g/mol. The molecule has 2 rings (SSSR count). The van der Waals surface area contributed by atoms with Crippen molar-refractivity contribution in [1.29, 1.82) is 0 Å². The summed E-state index contributed by atoms with van der Waals surface area (Å²) in [6.45, 7) is 3.43. The number of hydrogen-bond acceptors (Lipinski definition) is 4. The Labute approximate surface area is 79.3 Å². The van der Waals surface area contributed by atoms with Gasteiger partial charge in [-0.05, 0) is 19.9 Å². The molecule has 0 unspecified atom stereocenters. The summed E-state index contributed by atoms with van der Waals surface area (Å²) in [7, 11) is 0. The second kappa shape index (κ2) is 2.76. The second-order valence-electron chi connectivity index (χ2n) is 3.07. The van der Waals surface area contributed by atoms with E-state index < -0.39 is 4.92 Å². The van der Waals surface area contributed by atoms with E-state index in [-0.39, 0.29) is 5.69 Å². The van der Waals surface area contributed by atoms with Crippen LogP contribution in [0.3, 0.4) is 0 Å². The topological polar surface area (TPSA) is 73.3 Å². The molecule has 0 N–H and O–H groups in total. The number of hydrogen-bond donors (Lipinski definition) is 0. The van der Waals surface area contributed by atoms with Gasteiger partial charge in [0, 0.05) is 5.56 Å². The first-order valence-corrected chi connectivity index (χ1v) is 4.06. The standard InChI is InChI=1S/C8H8N4O2/c1-5-3-8-10-9-6(2)11(8)4-7(5)12(13)14/h3-4H,1-2H3. The molecular formula is C8H8N4O2. The first-order valence-electron chi connectivity index (χ1n) is 4.06. The molecule has 0 aromatic carbocycles. The lowest BCUT2D eigenvalue weighted by Gasteiger charge is -1.98. The number of nitrogens with zero attached hydrogens (tertiary/aromatic N) is 4. The van der Waals surface area contributed by atoms with E-state index in [0.29, 0.717) is 17.0 Å². The molecule has 0 bridgehead atoms. The Balaban J connectivity index is 2.80. The van der Waals surface area contributed by atoms with Crippen LogP contribution in [0.5, 0.6) is 0 Å². The highest BCUT2D eigenvalue weighted by atomic mass is 16.6. The van der Waals surface area contributed by atoms with E-state index in [4.69, 9.17) is 0 Å². The highest BCUT2D eigenvalue weighted by Crippen LogP contribution is 2.18. The third-order valence-corrected chi connectivity index (χ3v) is 2.09. The molecule has 2 aromatic heterocycles. The molecule has 0 fully saturated rings. The summed E-state index contributed by atoms with van der Waals surface area (Å²) >= 11 is 0. The van der Waals surface area contributed by atoms with E-state index in [1.807, 2.05) is 0 Å². The minimum atomic E-state index is -0.409. The fraction of sp³-hybridized carbons (Fsp3) is 0.250. The maximum Gasteiger partial charge on any atom is 0.288 e. The van der Waals surface area contributed by atoms with Crippen LogP contribution in [0.15, 0.2) is 12.3 Å². The molecule has 0 saturated carbocycles. The van der Waals surface area contributed by atoms with Crippen LogP contribution in [-0.2, 0) is 0 Å². The van der Waals surface area contributed by atoms with Gasteiger partial charge in [-0.15, -0.1) is 10.2 Å². The Morgan fingerprint density at radius 3 is 2.79 bits per heavy atom. The number of pyridine rings is 1. The molecule has 0 saturated heterocycles. The Hall–Kier alpha value is -1.98. The highest BCUT2D eigenvalue weighted by Gasteiger charge is 2.13. The fourth-order valence-electron chi connectivity index (χ4n) is 1.33. The van der Waals surface area contributed by atoms with Crippen molar-refractivity contribution in [3.63, 3.8) is 0 Å². The average molecular weight is 192 g/mol. The van der Waals surface area contributed by atoms with Crippen LogP contribution in [0.2, 0.25) is 0 Å². The van der Waals surface area contributed by atoms with Gasteiger partial charge in [0.1, 0.15) is 5.82 Å². The third kappa shape index (κ3) is 1.12. The smallest absolute Gasteiger partial charge is 0.280 e. The maximum absolute atomic E-state index is 10.7. The predicted molar refractivity (Wildman–Crippen MR) is 49.1 cm³/mol. The van der Waals surface area contributed by atoms with Crippen molar-refractivity contribution >= 4 is 11.3 Å². The summed E-state index contributed by atoms with van der Waals surface area (Å²) in [4.78, 5) is 10.2.